The summed E-state index contributed by atoms with van der Waals surface area (Å²) in [6, 6.07) is 15.8. The Morgan fingerprint density at radius 2 is 1.79 bits per heavy atom. The van der Waals surface area contributed by atoms with Gasteiger partial charge in [0.15, 0.2) is 0 Å². The van der Waals surface area contributed by atoms with Crippen molar-refractivity contribution < 1.29 is 9.53 Å². The first-order valence-corrected chi connectivity index (χ1v) is 10.4. The number of morpholine rings is 1. The van der Waals surface area contributed by atoms with Crippen molar-refractivity contribution in [2.24, 2.45) is 0 Å². The van der Waals surface area contributed by atoms with Gasteiger partial charge in [-0.3, -0.25) is 9.69 Å². The lowest BCUT2D eigenvalue weighted by molar-refractivity contribution is -0.123. The molecule has 4 nitrogen and oxygen atoms in total. The number of carbonyl (C=O) groups excluding carboxylic acids is 1. The minimum Gasteiger partial charge on any atom is -0.379 e. The van der Waals surface area contributed by atoms with Crippen LogP contribution in [0.5, 0.6) is 0 Å². The molecule has 2 aliphatic heterocycles. The summed E-state index contributed by atoms with van der Waals surface area (Å²) >= 11 is 12.1. The molecule has 2 fully saturated rings. The van der Waals surface area contributed by atoms with E-state index >= 15 is 0 Å². The van der Waals surface area contributed by atoms with E-state index in [9.17, 15) is 4.79 Å². The van der Waals surface area contributed by atoms with Crippen molar-refractivity contribution in [1.82, 2.24) is 10.2 Å². The van der Waals surface area contributed by atoms with Gasteiger partial charge >= 0.3 is 0 Å². The highest BCUT2D eigenvalue weighted by molar-refractivity contribution is 6.42. The SMILES string of the molecule is C1COCCN1.O=C1CCN(Cc2ccccc2)CC1c1ccc(Cl)c(Cl)c1. The Kier molecular flexibility index (Phi) is 8.31. The summed E-state index contributed by atoms with van der Waals surface area (Å²) in [5.41, 5.74) is 2.22. The van der Waals surface area contributed by atoms with E-state index in [1.807, 2.05) is 30.3 Å². The number of hydrogen-bond acceptors (Lipinski definition) is 4. The Hall–Kier alpha value is -1.43. The largest absolute Gasteiger partial charge is 0.379 e. The summed E-state index contributed by atoms with van der Waals surface area (Å²) < 4.78 is 5.01. The van der Waals surface area contributed by atoms with Gasteiger partial charge in [-0.25, -0.2) is 0 Å². The number of piperidine rings is 1. The number of Topliss-reactive ketones (excluding diaryl/α,β-unsaturated/α-hetero) is 1. The zero-order valence-electron chi connectivity index (χ0n) is 15.9. The minimum atomic E-state index is -0.118. The molecule has 4 rings (SSSR count). The number of ether oxygens (including phenoxy) is 1. The quantitative estimate of drug-likeness (QED) is 0.808. The molecule has 0 spiro atoms. The molecule has 0 radical (unpaired) electrons. The van der Waals surface area contributed by atoms with Gasteiger partial charge in [0.1, 0.15) is 5.78 Å². The zero-order valence-corrected chi connectivity index (χ0v) is 17.4. The molecule has 2 aliphatic rings. The smallest absolute Gasteiger partial charge is 0.142 e. The number of benzene rings is 2. The molecule has 2 aromatic carbocycles. The van der Waals surface area contributed by atoms with E-state index in [0.717, 1.165) is 51.5 Å². The number of carbonyl (C=O) groups is 1. The Labute approximate surface area is 176 Å². The third-order valence-corrected chi connectivity index (χ3v) is 5.68. The maximum atomic E-state index is 12.3. The average Bonchev–Trinajstić information content (AvgIpc) is 2.74. The van der Waals surface area contributed by atoms with E-state index in [2.05, 4.69) is 22.3 Å². The molecule has 0 bridgehead atoms. The molecule has 6 heteroatoms. The average molecular weight is 421 g/mol. The van der Waals surface area contributed by atoms with Crippen LogP contribution >= 0.6 is 23.2 Å². The number of halogens is 2. The van der Waals surface area contributed by atoms with Gasteiger partial charge in [-0.1, -0.05) is 59.6 Å². The fraction of sp³-hybridized carbons (Fsp3) is 0.409. The second kappa shape index (κ2) is 10.9. The van der Waals surface area contributed by atoms with E-state index in [0.29, 0.717) is 16.5 Å². The number of ketones is 1. The number of hydrogen-bond donors (Lipinski definition) is 1. The normalized spacial score (nSPS) is 20.4. The molecular weight excluding hydrogens is 395 g/mol. The second-order valence-electron chi connectivity index (χ2n) is 7.03. The fourth-order valence-corrected chi connectivity index (χ4v) is 3.72. The summed E-state index contributed by atoms with van der Waals surface area (Å²) in [6.45, 7) is 6.24. The van der Waals surface area contributed by atoms with Crippen LogP contribution in [0, 0.1) is 0 Å². The van der Waals surface area contributed by atoms with Crippen molar-refractivity contribution in [1.29, 1.82) is 0 Å². The molecule has 2 aromatic rings. The Bertz CT molecular complexity index is 755. The molecule has 0 saturated carbocycles. The van der Waals surface area contributed by atoms with Crippen LogP contribution in [-0.4, -0.2) is 50.1 Å². The molecule has 2 heterocycles. The molecular formula is C22H26Cl2N2O2. The number of rotatable bonds is 3. The molecule has 1 atom stereocenters. The van der Waals surface area contributed by atoms with Gasteiger partial charge in [0, 0.05) is 39.1 Å². The summed E-state index contributed by atoms with van der Waals surface area (Å²) in [7, 11) is 0. The van der Waals surface area contributed by atoms with Gasteiger partial charge < -0.3 is 10.1 Å². The van der Waals surface area contributed by atoms with E-state index in [4.69, 9.17) is 27.9 Å². The van der Waals surface area contributed by atoms with Crippen LogP contribution in [0.25, 0.3) is 0 Å². The highest BCUT2D eigenvalue weighted by atomic mass is 35.5. The third kappa shape index (κ3) is 6.29. The van der Waals surface area contributed by atoms with Crippen molar-refractivity contribution in [2.75, 3.05) is 39.4 Å². The van der Waals surface area contributed by atoms with Gasteiger partial charge in [0.2, 0.25) is 0 Å². The van der Waals surface area contributed by atoms with Crippen LogP contribution < -0.4 is 5.32 Å². The monoisotopic (exact) mass is 420 g/mol. The van der Waals surface area contributed by atoms with Crippen LogP contribution in [0.4, 0.5) is 0 Å². The standard InChI is InChI=1S/C18H17Cl2NO.C4H9NO/c19-16-7-6-14(10-17(16)20)15-12-21(9-8-18(15)22)11-13-4-2-1-3-5-13;1-3-6-4-2-5-1/h1-7,10,15H,8-9,11-12H2;5H,1-4H2. The molecule has 2 saturated heterocycles. The number of nitrogens with zero attached hydrogens (tertiary/aromatic N) is 1. The highest BCUT2D eigenvalue weighted by Crippen LogP contribution is 2.30. The topological polar surface area (TPSA) is 41.6 Å². The van der Waals surface area contributed by atoms with Gasteiger partial charge in [-0.05, 0) is 23.3 Å². The number of likely N-dealkylation sites (tertiary alicyclic amines) is 1. The van der Waals surface area contributed by atoms with E-state index in [1.54, 1.807) is 6.07 Å². The molecule has 0 amide bonds. The van der Waals surface area contributed by atoms with Crippen LogP contribution in [0.3, 0.4) is 0 Å². The van der Waals surface area contributed by atoms with Gasteiger partial charge in [0.25, 0.3) is 0 Å². The lowest BCUT2D eigenvalue weighted by Crippen LogP contribution is -2.39. The number of nitrogens with one attached hydrogen (secondary N) is 1. The van der Waals surface area contributed by atoms with Crippen molar-refractivity contribution in [3.05, 3.63) is 69.7 Å². The van der Waals surface area contributed by atoms with Crippen LogP contribution in [0.1, 0.15) is 23.5 Å². The molecule has 0 aliphatic carbocycles. The molecule has 150 valence electrons. The third-order valence-electron chi connectivity index (χ3n) is 4.95. The Morgan fingerprint density at radius 1 is 1.04 bits per heavy atom. The Morgan fingerprint density at radius 3 is 2.39 bits per heavy atom. The first-order valence-electron chi connectivity index (χ1n) is 9.66. The molecule has 1 N–H and O–H groups in total. The van der Waals surface area contributed by atoms with Crippen LogP contribution in [0.15, 0.2) is 48.5 Å². The predicted molar refractivity (Wildman–Crippen MR) is 114 cm³/mol. The van der Waals surface area contributed by atoms with Crippen molar-refractivity contribution in [2.45, 2.75) is 18.9 Å². The Balaban J connectivity index is 0.000000320. The maximum absolute atomic E-state index is 12.3. The van der Waals surface area contributed by atoms with E-state index < -0.39 is 0 Å². The summed E-state index contributed by atoms with van der Waals surface area (Å²) in [6.07, 6.45) is 0.581. The zero-order chi connectivity index (χ0) is 19.8. The summed E-state index contributed by atoms with van der Waals surface area (Å²) in [5.74, 6) is 0.162. The summed E-state index contributed by atoms with van der Waals surface area (Å²) in [5, 5.41) is 4.19. The highest BCUT2D eigenvalue weighted by Gasteiger charge is 2.28. The van der Waals surface area contributed by atoms with Gasteiger partial charge in [-0.15, -0.1) is 0 Å². The predicted octanol–water partition coefficient (Wildman–Crippen LogP) is 4.16. The van der Waals surface area contributed by atoms with Gasteiger partial charge in [0.05, 0.1) is 29.2 Å². The van der Waals surface area contributed by atoms with Crippen LogP contribution in [-0.2, 0) is 16.1 Å². The van der Waals surface area contributed by atoms with Crippen molar-refractivity contribution in [3.63, 3.8) is 0 Å². The van der Waals surface area contributed by atoms with E-state index in [1.165, 1.54) is 5.56 Å². The first-order chi connectivity index (χ1) is 13.6. The second-order valence-corrected chi connectivity index (χ2v) is 7.84. The summed E-state index contributed by atoms with van der Waals surface area (Å²) in [4.78, 5) is 14.6. The lowest BCUT2D eigenvalue weighted by atomic mass is 9.89. The minimum absolute atomic E-state index is 0.118. The first kappa shape index (κ1) is 21.3. The van der Waals surface area contributed by atoms with Crippen molar-refractivity contribution >= 4 is 29.0 Å². The molecule has 1 unspecified atom stereocenters. The van der Waals surface area contributed by atoms with Crippen LogP contribution in [0.2, 0.25) is 10.0 Å². The van der Waals surface area contributed by atoms with E-state index in [-0.39, 0.29) is 11.7 Å². The molecule has 0 aromatic heterocycles. The van der Waals surface area contributed by atoms with Crippen molar-refractivity contribution in [3.8, 4) is 0 Å². The van der Waals surface area contributed by atoms with Gasteiger partial charge in [-0.2, -0.15) is 0 Å². The maximum Gasteiger partial charge on any atom is 0.142 e. The fourth-order valence-electron chi connectivity index (χ4n) is 3.42. The lowest BCUT2D eigenvalue weighted by Gasteiger charge is -2.32. The molecule has 28 heavy (non-hydrogen) atoms.